The van der Waals surface area contributed by atoms with E-state index in [-0.39, 0.29) is 18.9 Å². The average molecular weight is 614 g/mol. The predicted molar refractivity (Wildman–Crippen MR) is 181 cm³/mol. The lowest BCUT2D eigenvalue weighted by molar-refractivity contribution is -0.142. The van der Waals surface area contributed by atoms with Gasteiger partial charge in [-0.15, -0.1) is 11.8 Å². The normalized spacial score (nSPS) is 13.0. The Morgan fingerprint density at radius 2 is 1.13 bits per heavy atom. The van der Waals surface area contributed by atoms with E-state index in [1.165, 1.54) is 11.9 Å². The van der Waals surface area contributed by atoms with Gasteiger partial charge in [0.2, 0.25) is 0 Å². The summed E-state index contributed by atoms with van der Waals surface area (Å²) in [5.74, 6) is -0.676. The summed E-state index contributed by atoms with van der Waals surface area (Å²) >= 11 is 1.68. The highest BCUT2D eigenvalue weighted by Gasteiger charge is 2.38. The third kappa shape index (κ3) is 5.98. The maximum absolute atomic E-state index is 13.3. The standard InChI is InChI=1S/C39H35NO4S/c1-40(38(43)44-27-35-33-23-13-11-21-31(33)32-22-12-14-24-34(32)35)36(37(41)42)25-26-45-39(28-15-5-2-6-16-28,29-17-7-3-8-18-29)30-19-9-4-10-20-30/h2-24,35-36H,25-27H2,1H3,(H,41,42). The SMILES string of the molecule is CN(C(=O)OCC1c2ccccc2-c2ccccc21)C(CCSC(c1ccccc1)(c1ccccc1)c1ccccc1)C(=O)O. The van der Waals surface area contributed by atoms with Crippen LogP contribution < -0.4 is 0 Å². The van der Waals surface area contributed by atoms with Gasteiger partial charge in [-0.25, -0.2) is 9.59 Å². The number of aliphatic carboxylic acids is 1. The number of hydrogen-bond acceptors (Lipinski definition) is 4. The molecule has 0 aromatic heterocycles. The van der Waals surface area contributed by atoms with Gasteiger partial charge in [-0.1, -0.05) is 140 Å². The molecular formula is C39H35NO4S. The smallest absolute Gasteiger partial charge is 0.410 e. The topological polar surface area (TPSA) is 66.8 Å². The zero-order valence-corrected chi connectivity index (χ0v) is 25.9. The van der Waals surface area contributed by atoms with Crippen molar-refractivity contribution in [2.24, 2.45) is 0 Å². The molecule has 1 amide bonds. The molecule has 1 unspecified atom stereocenters. The van der Waals surface area contributed by atoms with Crippen LogP contribution >= 0.6 is 11.8 Å². The lowest BCUT2D eigenvalue weighted by atomic mass is 9.84. The summed E-state index contributed by atoms with van der Waals surface area (Å²) in [5, 5.41) is 10.3. The first kappa shape index (κ1) is 30.2. The second-order valence-electron chi connectivity index (χ2n) is 11.2. The number of carboxylic acids is 1. The number of benzene rings is 5. The number of fused-ring (bicyclic) bond motifs is 3. The van der Waals surface area contributed by atoms with Gasteiger partial charge in [-0.3, -0.25) is 4.90 Å². The number of carboxylic acid groups (broad SMARTS) is 1. The quantitative estimate of drug-likeness (QED) is 0.152. The summed E-state index contributed by atoms with van der Waals surface area (Å²) in [7, 11) is 1.52. The van der Waals surface area contributed by atoms with Crippen LogP contribution in [-0.2, 0) is 14.3 Å². The predicted octanol–water partition coefficient (Wildman–Crippen LogP) is 8.44. The third-order valence-corrected chi connectivity index (χ3v) is 10.2. The fourth-order valence-corrected chi connectivity index (χ4v) is 7.95. The number of likely N-dealkylation sites (N-methyl/N-ethyl adjacent to an activating group) is 1. The second-order valence-corrected chi connectivity index (χ2v) is 12.5. The number of ether oxygens (including phenoxy) is 1. The Balaban J connectivity index is 1.20. The van der Waals surface area contributed by atoms with Crippen molar-refractivity contribution >= 4 is 23.8 Å². The Morgan fingerprint density at radius 3 is 1.58 bits per heavy atom. The van der Waals surface area contributed by atoms with Crippen LogP contribution in [0.4, 0.5) is 4.79 Å². The first-order chi connectivity index (χ1) is 22.0. The molecule has 0 radical (unpaired) electrons. The van der Waals surface area contributed by atoms with Gasteiger partial charge in [-0.2, -0.15) is 0 Å². The molecule has 1 aliphatic rings. The minimum atomic E-state index is -1.06. The van der Waals surface area contributed by atoms with Gasteiger partial charge in [0.05, 0.1) is 4.75 Å². The van der Waals surface area contributed by atoms with E-state index in [4.69, 9.17) is 4.74 Å². The first-order valence-electron chi connectivity index (χ1n) is 15.1. The Kier molecular flexibility index (Phi) is 9.03. The molecule has 5 aromatic carbocycles. The molecule has 0 fully saturated rings. The van der Waals surface area contributed by atoms with Gasteiger partial charge in [0.25, 0.3) is 0 Å². The summed E-state index contributed by atoms with van der Waals surface area (Å²) in [5.41, 5.74) is 7.81. The van der Waals surface area contributed by atoms with Crippen molar-refractivity contribution < 1.29 is 19.4 Å². The molecule has 0 heterocycles. The zero-order valence-electron chi connectivity index (χ0n) is 25.1. The van der Waals surface area contributed by atoms with E-state index in [0.717, 1.165) is 38.9 Å². The van der Waals surface area contributed by atoms with Gasteiger partial charge >= 0.3 is 12.1 Å². The number of nitrogens with zero attached hydrogens (tertiary/aromatic N) is 1. The largest absolute Gasteiger partial charge is 0.480 e. The molecule has 45 heavy (non-hydrogen) atoms. The van der Waals surface area contributed by atoms with Crippen LogP contribution in [0.2, 0.25) is 0 Å². The molecule has 1 atom stereocenters. The molecule has 1 N–H and O–H groups in total. The number of thioether (sulfide) groups is 1. The fraction of sp³-hybridized carbons (Fsp3) is 0.179. The maximum atomic E-state index is 13.3. The van der Waals surface area contributed by atoms with E-state index in [1.54, 1.807) is 11.8 Å². The summed E-state index contributed by atoms with van der Waals surface area (Å²) < 4.78 is 5.23. The number of amides is 1. The van der Waals surface area contributed by atoms with E-state index in [9.17, 15) is 14.7 Å². The number of carbonyl (C=O) groups is 2. The first-order valence-corrected chi connectivity index (χ1v) is 16.1. The highest BCUT2D eigenvalue weighted by molar-refractivity contribution is 8.00. The lowest BCUT2D eigenvalue weighted by Gasteiger charge is -2.36. The molecule has 0 bridgehead atoms. The van der Waals surface area contributed by atoms with Crippen molar-refractivity contribution in [3.8, 4) is 11.1 Å². The molecule has 226 valence electrons. The lowest BCUT2D eigenvalue weighted by Crippen LogP contribution is -2.43. The van der Waals surface area contributed by atoms with Crippen LogP contribution in [0.25, 0.3) is 11.1 Å². The van der Waals surface area contributed by atoms with Crippen molar-refractivity contribution in [2.75, 3.05) is 19.4 Å². The molecule has 1 aliphatic carbocycles. The van der Waals surface area contributed by atoms with E-state index in [1.807, 2.05) is 78.9 Å². The fourth-order valence-electron chi connectivity index (χ4n) is 6.40. The van der Waals surface area contributed by atoms with Crippen LogP contribution in [0.1, 0.15) is 40.2 Å². The highest BCUT2D eigenvalue weighted by Crippen LogP contribution is 2.49. The van der Waals surface area contributed by atoms with Crippen LogP contribution in [-0.4, -0.2) is 47.5 Å². The van der Waals surface area contributed by atoms with Crippen LogP contribution in [0.3, 0.4) is 0 Å². The zero-order chi connectivity index (χ0) is 31.2. The highest BCUT2D eigenvalue weighted by atomic mass is 32.2. The number of rotatable bonds is 11. The number of carbonyl (C=O) groups excluding carboxylic acids is 1. The average Bonchev–Trinajstić information content (AvgIpc) is 3.41. The van der Waals surface area contributed by atoms with Crippen molar-refractivity contribution in [2.45, 2.75) is 23.1 Å². The van der Waals surface area contributed by atoms with Gasteiger partial charge < -0.3 is 9.84 Å². The second kappa shape index (κ2) is 13.4. The molecule has 6 heteroatoms. The molecule has 0 aliphatic heterocycles. The molecule has 0 saturated heterocycles. The Labute approximate surface area is 268 Å². The van der Waals surface area contributed by atoms with E-state index < -0.39 is 22.9 Å². The van der Waals surface area contributed by atoms with Gasteiger partial charge in [0.15, 0.2) is 0 Å². The van der Waals surface area contributed by atoms with Gasteiger partial charge in [0, 0.05) is 13.0 Å². The Hall–Kier alpha value is -4.81. The minimum absolute atomic E-state index is 0.100. The molecular weight excluding hydrogens is 578 g/mol. The summed E-state index contributed by atoms with van der Waals surface area (Å²) in [6, 6.07) is 46.1. The Bertz CT molecular complexity index is 1620. The van der Waals surface area contributed by atoms with E-state index in [0.29, 0.717) is 5.75 Å². The minimum Gasteiger partial charge on any atom is -0.480 e. The summed E-state index contributed by atoms with van der Waals surface area (Å²) in [4.78, 5) is 27.1. The van der Waals surface area contributed by atoms with Crippen molar-refractivity contribution in [3.05, 3.63) is 167 Å². The molecule has 0 spiro atoms. The monoisotopic (exact) mass is 613 g/mol. The van der Waals surface area contributed by atoms with Crippen LogP contribution in [0.15, 0.2) is 140 Å². The summed E-state index contributed by atoms with van der Waals surface area (Å²) in [6.07, 6.45) is -0.399. The summed E-state index contributed by atoms with van der Waals surface area (Å²) in [6.45, 7) is 0.136. The molecule has 5 nitrogen and oxygen atoms in total. The molecule has 5 aromatic rings. The molecule has 0 saturated carbocycles. The Morgan fingerprint density at radius 1 is 0.711 bits per heavy atom. The molecule has 6 rings (SSSR count). The van der Waals surface area contributed by atoms with Crippen molar-refractivity contribution in [1.29, 1.82) is 0 Å². The number of hydrogen-bond donors (Lipinski definition) is 1. The van der Waals surface area contributed by atoms with Gasteiger partial charge in [0.1, 0.15) is 12.6 Å². The van der Waals surface area contributed by atoms with E-state index >= 15 is 0 Å². The van der Waals surface area contributed by atoms with E-state index in [2.05, 4.69) is 60.7 Å². The van der Waals surface area contributed by atoms with Crippen molar-refractivity contribution in [3.63, 3.8) is 0 Å². The van der Waals surface area contributed by atoms with Crippen LogP contribution in [0.5, 0.6) is 0 Å². The third-order valence-electron chi connectivity index (χ3n) is 8.63. The van der Waals surface area contributed by atoms with Crippen LogP contribution in [0, 0.1) is 0 Å². The maximum Gasteiger partial charge on any atom is 0.410 e. The van der Waals surface area contributed by atoms with Crippen molar-refractivity contribution in [1.82, 2.24) is 4.90 Å². The van der Waals surface area contributed by atoms with Gasteiger partial charge in [-0.05, 0) is 51.1 Å².